The second kappa shape index (κ2) is 7.53. The van der Waals surface area contributed by atoms with Gasteiger partial charge in [0.05, 0.1) is 6.04 Å². The van der Waals surface area contributed by atoms with Crippen molar-refractivity contribution in [3.63, 3.8) is 0 Å². The summed E-state index contributed by atoms with van der Waals surface area (Å²) in [5, 5.41) is 3.84. The topological polar surface area (TPSA) is 24.9 Å². The molecule has 21 heavy (non-hydrogen) atoms. The quantitative estimate of drug-likeness (QED) is 0.848. The van der Waals surface area contributed by atoms with E-state index >= 15 is 0 Å². The minimum absolute atomic E-state index is 0.180. The third-order valence-electron chi connectivity index (χ3n) is 3.51. The number of rotatable bonds is 6. The molecule has 0 bridgehead atoms. The molecular weight excluding hydrogens is 287 g/mol. The van der Waals surface area contributed by atoms with Crippen molar-refractivity contribution in [2.24, 2.45) is 0 Å². The summed E-state index contributed by atoms with van der Waals surface area (Å²) in [5.74, 6) is -0.282. The number of benzene rings is 1. The van der Waals surface area contributed by atoms with Crippen LogP contribution in [-0.4, -0.2) is 11.5 Å². The van der Waals surface area contributed by atoms with Gasteiger partial charge in [0.2, 0.25) is 0 Å². The molecule has 2 aromatic rings. The summed E-state index contributed by atoms with van der Waals surface area (Å²) in [6, 6.07) is 6.63. The summed E-state index contributed by atoms with van der Waals surface area (Å²) >= 11 is 5.86. The Morgan fingerprint density at radius 2 is 2.05 bits per heavy atom. The average molecular weight is 307 g/mol. The molecular formula is C17H20ClFN2. The van der Waals surface area contributed by atoms with Crippen LogP contribution in [0.15, 0.2) is 36.7 Å². The minimum Gasteiger partial charge on any atom is -0.306 e. The summed E-state index contributed by atoms with van der Waals surface area (Å²) in [5.41, 5.74) is 2.82. The Bertz CT molecular complexity index is 601. The molecule has 112 valence electrons. The number of aryl methyl sites for hydroxylation is 1. The molecule has 0 fully saturated rings. The van der Waals surface area contributed by atoms with Gasteiger partial charge in [-0.05, 0) is 48.7 Å². The van der Waals surface area contributed by atoms with Crippen LogP contribution in [0.3, 0.4) is 0 Å². The largest absolute Gasteiger partial charge is 0.306 e. The van der Waals surface area contributed by atoms with Gasteiger partial charge in [-0.1, -0.05) is 31.5 Å². The zero-order valence-corrected chi connectivity index (χ0v) is 13.1. The zero-order valence-electron chi connectivity index (χ0n) is 12.4. The predicted molar refractivity (Wildman–Crippen MR) is 85.2 cm³/mol. The molecule has 2 rings (SSSR count). The zero-order chi connectivity index (χ0) is 15.2. The molecule has 1 heterocycles. The maximum absolute atomic E-state index is 14.3. The van der Waals surface area contributed by atoms with Gasteiger partial charge in [-0.25, -0.2) is 4.39 Å². The molecule has 1 unspecified atom stereocenters. The fraction of sp³-hybridized carbons (Fsp3) is 0.353. The third kappa shape index (κ3) is 3.80. The number of pyridine rings is 1. The molecule has 0 aliphatic heterocycles. The second-order valence-corrected chi connectivity index (χ2v) is 5.42. The molecule has 1 atom stereocenters. The highest BCUT2D eigenvalue weighted by Crippen LogP contribution is 2.28. The Hall–Kier alpha value is -1.45. The van der Waals surface area contributed by atoms with Gasteiger partial charge in [-0.15, -0.1) is 0 Å². The van der Waals surface area contributed by atoms with Crippen LogP contribution in [0.2, 0.25) is 5.02 Å². The van der Waals surface area contributed by atoms with Crippen LogP contribution in [0, 0.1) is 5.82 Å². The van der Waals surface area contributed by atoms with Crippen molar-refractivity contribution in [1.29, 1.82) is 0 Å². The predicted octanol–water partition coefficient (Wildman–Crippen LogP) is 4.53. The molecule has 0 spiro atoms. The summed E-state index contributed by atoms with van der Waals surface area (Å²) in [6.07, 6.45) is 5.45. The highest BCUT2D eigenvalue weighted by atomic mass is 35.5. The molecule has 0 aliphatic rings. The van der Waals surface area contributed by atoms with Crippen LogP contribution in [0.25, 0.3) is 0 Å². The van der Waals surface area contributed by atoms with Crippen LogP contribution in [0.5, 0.6) is 0 Å². The summed E-state index contributed by atoms with van der Waals surface area (Å²) in [7, 11) is 0. The van der Waals surface area contributed by atoms with E-state index in [1.165, 1.54) is 6.07 Å². The Morgan fingerprint density at radius 1 is 1.24 bits per heavy atom. The molecule has 0 saturated carbocycles. The van der Waals surface area contributed by atoms with E-state index in [0.29, 0.717) is 10.6 Å². The standard InChI is InChI=1S/C17H20ClFN2/c1-3-8-21-17(14-7-9-20-11-12(14)4-2)15-6-5-13(18)10-16(15)19/h5-7,9-11,17,21H,3-4,8H2,1-2H3. The number of hydrogen-bond acceptors (Lipinski definition) is 2. The smallest absolute Gasteiger partial charge is 0.129 e. The van der Waals surface area contributed by atoms with Gasteiger partial charge in [0.15, 0.2) is 0 Å². The average Bonchev–Trinajstić information content (AvgIpc) is 2.49. The first-order chi connectivity index (χ1) is 10.2. The van der Waals surface area contributed by atoms with Crippen LogP contribution in [0.4, 0.5) is 4.39 Å². The number of nitrogens with zero attached hydrogens (tertiary/aromatic N) is 1. The fourth-order valence-corrected chi connectivity index (χ4v) is 2.59. The van der Waals surface area contributed by atoms with E-state index in [1.807, 2.05) is 12.3 Å². The second-order valence-electron chi connectivity index (χ2n) is 4.98. The Balaban J connectivity index is 2.47. The Morgan fingerprint density at radius 3 is 2.71 bits per heavy atom. The molecule has 1 aromatic carbocycles. The van der Waals surface area contributed by atoms with Gasteiger partial charge in [0.1, 0.15) is 5.82 Å². The summed E-state index contributed by atoms with van der Waals surface area (Å²) in [6.45, 7) is 4.99. The molecule has 1 N–H and O–H groups in total. The van der Waals surface area contributed by atoms with Crippen LogP contribution >= 0.6 is 11.6 Å². The molecule has 0 amide bonds. The number of halogens is 2. The minimum atomic E-state index is -0.282. The maximum Gasteiger partial charge on any atom is 0.129 e. The highest BCUT2D eigenvalue weighted by Gasteiger charge is 2.19. The number of nitrogens with one attached hydrogen (secondary N) is 1. The van der Waals surface area contributed by atoms with Crippen molar-refractivity contribution < 1.29 is 4.39 Å². The van der Waals surface area contributed by atoms with E-state index in [-0.39, 0.29) is 11.9 Å². The lowest BCUT2D eigenvalue weighted by Crippen LogP contribution is -2.25. The number of aromatic nitrogens is 1. The van der Waals surface area contributed by atoms with E-state index in [9.17, 15) is 4.39 Å². The van der Waals surface area contributed by atoms with Gasteiger partial charge >= 0.3 is 0 Å². The van der Waals surface area contributed by atoms with Crippen molar-refractivity contribution in [3.8, 4) is 0 Å². The first kappa shape index (κ1) is 15.9. The molecule has 4 heteroatoms. The van der Waals surface area contributed by atoms with Crippen molar-refractivity contribution in [1.82, 2.24) is 10.3 Å². The van der Waals surface area contributed by atoms with Crippen molar-refractivity contribution in [2.75, 3.05) is 6.54 Å². The van der Waals surface area contributed by atoms with Crippen LogP contribution < -0.4 is 5.32 Å². The van der Waals surface area contributed by atoms with Gasteiger partial charge in [-0.3, -0.25) is 4.98 Å². The lowest BCUT2D eigenvalue weighted by atomic mass is 9.94. The van der Waals surface area contributed by atoms with Crippen molar-refractivity contribution in [3.05, 3.63) is 64.2 Å². The maximum atomic E-state index is 14.3. The molecule has 2 nitrogen and oxygen atoms in total. The first-order valence-electron chi connectivity index (χ1n) is 7.28. The summed E-state index contributed by atoms with van der Waals surface area (Å²) < 4.78 is 14.3. The van der Waals surface area contributed by atoms with E-state index in [4.69, 9.17) is 11.6 Å². The Labute approximate surface area is 130 Å². The fourth-order valence-electron chi connectivity index (χ4n) is 2.43. The third-order valence-corrected chi connectivity index (χ3v) is 3.74. The summed E-state index contributed by atoms with van der Waals surface area (Å²) in [4.78, 5) is 4.17. The van der Waals surface area contributed by atoms with Gasteiger partial charge in [0.25, 0.3) is 0 Å². The molecule has 0 saturated heterocycles. The van der Waals surface area contributed by atoms with Crippen LogP contribution in [0.1, 0.15) is 43.0 Å². The van der Waals surface area contributed by atoms with E-state index in [1.54, 1.807) is 18.3 Å². The normalized spacial score (nSPS) is 12.4. The monoisotopic (exact) mass is 306 g/mol. The van der Waals surface area contributed by atoms with Gasteiger partial charge in [0, 0.05) is 23.0 Å². The van der Waals surface area contributed by atoms with Gasteiger partial charge in [-0.2, -0.15) is 0 Å². The van der Waals surface area contributed by atoms with E-state index in [0.717, 1.165) is 30.5 Å². The number of hydrogen-bond donors (Lipinski definition) is 1. The lowest BCUT2D eigenvalue weighted by Gasteiger charge is -2.22. The molecule has 0 aliphatic carbocycles. The van der Waals surface area contributed by atoms with Gasteiger partial charge < -0.3 is 5.32 Å². The highest BCUT2D eigenvalue weighted by molar-refractivity contribution is 6.30. The molecule has 1 aromatic heterocycles. The van der Waals surface area contributed by atoms with Crippen molar-refractivity contribution >= 4 is 11.6 Å². The lowest BCUT2D eigenvalue weighted by molar-refractivity contribution is 0.544. The Kier molecular flexibility index (Phi) is 5.71. The molecule has 0 radical (unpaired) electrons. The van der Waals surface area contributed by atoms with E-state index < -0.39 is 0 Å². The SMILES string of the molecule is CCCNC(c1ccc(Cl)cc1F)c1ccncc1CC. The van der Waals surface area contributed by atoms with Crippen molar-refractivity contribution in [2.45, 2.75) is 32.7 Å². The van der Waals surface area contributed by atoms with E-state index in [2.05, 4.69) is 24.1 Å². The van der Waals surface area contributed by atoms with Crippen LogP contribution in [-0.2, 0) is 6.42 Å². The first-order valence-corrected chi connectivity index (χ1v) is 7.66.